The van der Waals surface area contributed by atoms with Crippen molar-refractivity contribution >= 4 is 23.8 Å². The minimum absolute atomic E-state index is 0.0198. The molecule has 1 aliphatic carbocycles. The van der Waals surface area contributed by atoms with E-state index in [0.717, 1.165) is 22.3 Å². The van der Waals surface area contributed by atoms with Gasteiger partial charge in [0.1, 0.15) is 31.0 Å². The van der Waals surface area contributed by atoms with Gasteiger partial charge in [0, 0.05) is 18.4 Å². The molecule has 13 heteroatoms. The fourth-order valence-electron chi connectivity index (χ4n) is 6.88. The van der Waals surface area contributed by atoms with Crippen LogP contribution in [-0.2, 0) is 38.0 Å². The number of esters is 1. The molecule has 0 unspecified atom stereocenters. The van der Waals surface area contributed by atoms with Crippen molar-refractivity contribution in [1.82, 2.24) is 10.6 Å². The molecule has 0 aromatic heterocycles. The summed E-state index contributed by atoms with van der Waals surface area (Å²) < 4.78 is 35.4. The van der Waals surface area contributed by atoms with Gasteiger partial charge in [0.2, 0.25) is 5.91 Å². The summed E-state index contributed by atoms with van der Waals surface area (Å²) >= 11 is 0. The van der Waals surface area contributed by atoms with Crippen molar-refractivity contribution in [3.8, 4) is 11.1 Å². The summed E-state index contributed by atoms with van der Waals surface area (Å²) in [7, 11) is 0. The molecule has 7 atom stereocenters. The van der Waals surface area contributed by atoms with Crippen LogP contribution in [-0.4, -0.2) is 97.3 Å². The van der Waals surface area contributed by atoms with Gasteiger partial charge in [-0.2, -0.15) is 0 Å². The third kappa shape index (κ3) is 7.97. The summed E-state index contributed by atoms with van der Waals surface area (Å²) in [6.45, 7) is 5.15. The molecule has 51 heavy (non-hydrogen) atoms. The second-order valence-corrected chi connectivity index (χ2v) is 13.2. The highest BCUT2D eigenvalue weighted by Gasteiger charge is 2.56. The standard InChI is InChI=1S/C38H42N2O11/c1-21(48-36-32(39-22(2)42)34-33(30(18-41)49-36)50-38(3,4)51-34)31(35(44)46-20-29(43)23-12-6-5-7-13-23)40-37(45)47-19-28-26-16-10-8-14-24(26)25-15-9-11-17-27(25)28/h5-17,21,28,30-34,36,41H,18-20H2,1-4H3,(H,39,42)(H,40,45)/t21-,30-,31+,32-,33+,34-,36+/m1/s1. The molecule has 6 rings (SSSR count). The highest BCUT2D eigenvalue weighted by atomic mass is 16.8. The number of carbonyl (C=O) groups excluding carboxylic acids is 4. The molecule has 2 saturated heterocycles. The third-order valence-corrected chi connectivity index (χ3v) is 9.17. The molecule has 2 heterocycles. The molecule has 0 saturated carbocycles. The molecule has 2 amide bonds. The first-order valence-corrected chi connectivity index (χ1v) is 16.9. The van der Waals surface area contributed by atoms with E-state index in [4.69, 9.17) is 28.4 Å². The number of aliphatic hydroxyl groups is 1. The topological polar surface area (TPSA) is 168 Å². The van der Waals surface area contributed by atoms with E-state index in [1.807, 2.05) is 48.5 Å². The average Bonchev–Trinajstić information content (AvgIpc) is 3.62. The number of Topliss-reactive ketones (excluding diaryl/α,β-unsaturated/α-hetero) is 1. The zero-order valence-corrected chi connectivity index (χ0v) is 28.8. The number of nitrogens with one attached hydrogen (secondary N) is 2. The Morgan fingerprint density at radius 2 is 1.47 bits per heavy atom. The van der Waals surface area contributed by atoms with Crippen LogP contribution < -0.4 is 10.6 Å². The number of alkyl carbamates (subject to hydrolysis) is 1. The second kappa shape index (κ2) is 15.3. The number of ketones is 1. The van der Waals surface area contributed by atoms with Crippen molar-refractivity contribution in [3.05, 3.63) is 95.6 Å². The van der Waals surface area contributed by atoms with E-state index in [2.05, 4.69) is 10.6 Å². The summed E-state index contributed by atoms with van der Waals surface area (Å²) in [6.07, 6.45) is -5.77. The average molecular weight is 703 g/mol. The molecule has 3 aromatic rings. The van der Waals surface area contributed by atoms with E-state index in [1.165, 1.54) is 13.8 Å². The lowest BCUT2D eigenvalue weighted by molar-refractivity contribution is -0.265. The Kier molecular flexibility index (Phi) is 10.8. The first kappa shape index (κ1) is 36.1. The number of hydrogen-bond donors (Lipinski definition) is 3. The van der Waals surface area contributed by atoms with Crippen LogP contribution in [0, 0.1) is 0 Å². The number of aliphatic hydroxyl groups excluding tert-OH is 1. The Labute approximate surface area is 295 Å². The predicted molar refractivity (Wildman–Crippen MR) is 181 cm³/mol. The first-order valence-electron chi connectivity index (χ1n) is 16.9. The van der Waals surface area contributed by atoms with Gasteiger partial charge in [-0.3, -0.25) is 9.59 Å². The Morgan fingerprint density at radius 3 is 2.10 bits per heavy atom. The lowest BCUT2D eigenvalue weighted by Crippen LogP contribution is -2.65. The van der Waals surface area contributed by atoms with Gasteiger partial charge in [0.05, 0.1) is 12.7 Å². The number of carbonyl (C=O) groups is 4. The lowest BCUT2D eigenvalue weighted by atomic mass is 9.96. The van der Waals surface area contributed by atoms with Crippen LogP contribution in [0.25, 0.3) is 11.1 Å². The zero-order valence-electron chi connectivity index (χ0n) is 28.8. The molecular weight excluding hydrogens is 660 g/mol. The monoisotopic (exact) mass is 702 g/mol. The van der Waals surface area contributed by atoms with E-state index >= 15 is 0 Å². The van der Waals surface area contributed by atoms with Gasteiger partial charge in [-0.15, -0.1) is 0 Å². The van der Waals surface area contributed by atoms with E-state index in [9.17, 15) is 24.3 Å². The van der Waals surface area contributed by atoms with Crippen molar-refractivity contribution < 1.29 is 52.7 Å². The predicted octanol–water partition coefficient (Wildman–Crippen LogP) is 3.47. The number of benzene rings is 3. The van der Waals surface area contributed by atoms with Gasteiger partial charge >= 0.3 is 12.1 Å². The quantitative estimate of drug-likeness (QED) is 0.187. The second-order valence-electron chi connectivity index (χ2n) is 13.2. The molecule has 3 aliphatic rings. The molecule has 2 aliphatic heterocycles. The van der Waals surface area contributed by atoms with E-state index < -0.39 is 85.5 Å². The number of amides is 2. The fraction of sp³-hybridized carbons (Fsp3) is 0.421. The fourth-order valence-corrected chi connectivity index (χ4v) is 6.88. The zero-order chi connectivity index (χ0) is 36.3. The molecule has 2 fully saturated rings. The molecule has 0 spiro atoms. The molecule has 270 valence electrons. The van der Waals surface area contributed by atoms with E-state index in [-0.39, 0.29) is 12.5 Å². The largest absolute Gasteiger partial charge is 0.456 e. The van der Waals surface area contributed by atoms with Gasteiger partial charge in [-0.1, -0.05) is 78.9 Å². The summed E-state index contributed by atoms with van der Waals surface area (Å²) in [5.41, 5.74) is 4.47. The molecule has 0 bridgehead atoms. The van der Waals surface area contributed by atoms with Crippen LogP contribution >= 0.6 is 0 Å². The summed E-state index contributed by atoms with van der Waals surface area (Å²) in [4.78, 5) is 52.1. The Morgan fingerprint density at radius 1 is 0.863 bits per heavy atom. The summed E-state index contributed by atoms with van der Waals surface area (Å²) in [5.74, 6) is -3.11. The van der Waals surface area contributed by atoms with Crippen molar-refractivity contribution in [2.75, 3.05) is 19.8 Å². The van der Waals surface area contributed by atoms with Crippen molar-refractivity contribution in [2.45, 2.75) is 82.2 Å². The maximum absolute atomic E-state index is 13.6. The number of fused-ring (bicyclic) bond motifs is 4. The minimum atomic E-state index is -1.49. The van der Waals surface area contributed by atoms with E-state index in [0.29, 0.717) is 5.56 Å². The molecule has 0 radical (unpaired) electrons. The van der Waals surface area contributed by atoms with Crippen LogP contribution in [0.2, 0.25) is 0 Å². The maximum Gasteiger partial charge on any atom is 0.407 e. The highest BCUT2D eigenvalue weighted by Crippen LogP contribution is 2.44. The van der Waals surface area contributed by atoms with Gasteiger partial charge in [-0.05, 0) is 43.0 Å². The van der Waals surface area contributed by atoms with Gasteiger partial charge < -0.3 is 44.2 Å². The van der Waals surface area contributed by atoms with Crippen LogP contribution in [0.1, 0.15) is 55.1 Å². The van der Waals surface area contributed by atoms with Crippen LogP contribution in [0.5, 0.6) is 0 Å². The molecule has 3 N–H and O–H groups in total. The van der Waals surface area contributed by atoms with Crippen molar-refractivity contribution in [1.29, 1.82) is 0 Å². The third-order valence-electron chi connectivity index (χ3n) is 9.17. The van der Waals surface area contributed by atoms with Gasteiger partial charge in [0.25, 0.3) is 0 Å². The Bertz CT molecular complexity index is 1700. The maximum atomic E-state index is 13.6. The Hall–Kier alpha value is -4.66. The number of ether oxygens (including phenoxy) is 6. The van der Waals surface area contributed by atoms with E-state index in [1.54, 1.807) is 44.2 Å². The normalized spacial score (nSPS) is 24.3. The SMILES string of the molecule is CC(=O)N[C@H]1[C@@H](O[C@H](C)[C@H](NC(=O)OCC2c3ccccc3-c3ccccc32)C(=O)OCC(=O)c2ccccc2)O[C@H](CO)[C@@H]2OC(C)(C)O[C@H]12. The van der Waals surface area contributed by atoms with Crippen molar-refractivity contribution in [2.24, 2.45) is 0 Å². The highest BCUT2D eigenvalue weighted by molar-refractivity contribution is 5.98. The first-order chi connectivity index (χ1) is 24.5. The Balaban J connectivity index is 1.19. The van der Waals surface area contributed by atoms with Gasteiger partial charge in [-0.25, -0.2) is 9.59 Å². The number of rotatable bonds is 12. The van der Waals surface area contributed by atoms with Crippen LogP contribution in [0.3, 0.4) is 0 Å². The lowest BCUT2D eigenvalue weighted by Gasteiger charge is -2.43. The number of hydrogen-bond acceptors (Lipinski definition) is 11. The summed E-state index contributed by atoms with van der Waals surface area (Å²) in [5, 5.41) is 15.5. The smallest absolute Gasteiger partial charge is 0.407 e. The van der Waals surface area contributed by atoms with Crippen molar-refractivity contribution in [3.63, 3.8) is 0 Å². The molecular formula is C38H42N2O11. The minimum Gasteiger partial charge on any atom is -0.456 e. The summed E-state index contributed by atoms with van der Waals surface area (Å²) in [6, 6.07) is 21.7. The van der Waals surface area contributed by atoms with Crippen LogP contribution in [0.4, 0.5) is 4.79 Å². The van der Waals surface area contributed by atoms with Gasteiger partial charge in [0.15, 0.2) is 30.5 Å². The van der Waals surface area contributed by atoms with Crippen LogP contribution in [0.15, 0.2) is 78.9 Å². The molecule has 13 nitrogen and oxygen atoms in total. The molecule has 3 aromatic carbocycles.